The number of rotatable bonds is 4. The summed E-state index contributed by atoms with van der Waals surface area (Å²) in [6.45, 7) is 6.42. The number of aromatic nitrogens is 1. The predicted molar refractivity (Wildman–Crippen MR) is 102 cm³/mol. The van der Waals surface area contributed by atoms with Gasteiger partial charge in [0.15, 0.2) is 0 Å². The van der Waals surface area contributed by atoms with Crippen molar-refractivity contribution in [1.29, 1.82) is 0 Å². The molecule has 2 aliphatic heterocycles. The lowest BCUT2D eigenvalue weighted by atomic mass is 10.1. The summed E-state index contributed by atoms with van der Waals surface area (Å²) in [4.78, 5) is 17.5. The Hall–Kier alpha value is -2.11. The van der Waals surface area contributed by atoms with Gasteiger partial charge < -0.3 is 14.2 Å². The number of amides is 1. The van der Waals surface area contributed by atoms with E-state index >= 15 is 0 Å². The van der Waals surface area contributed by atoms with Crippen LogP contribution < -0.4 is 0 Å². The van der Waals surface area contributed by atoms with Crippen molar-refractivity contribution in [2.75, 3.05) is 45.9 Å². The Kier molecular flexibility index (Phi) is 5.09. The summed E-state index contributed by atoms with van der Waals surface area (Å²) in [5.74, 6) is 0.803. The molecule has 4 rings (SSSR count). The standard InChI is InChI=1S/C21H27N3O2/c1-22-19(18-5-3-2-4-6-18)7-8-20(22)21(25)24-12-10-23(11-13-24)15-17-9-14-26-16-17/h2-8,17H,9-16H2,1H3. The van der Waals surface area contributed by atoms with E-state index in [1.165, 1.54) is 6.42 Å². The molecule has 1 aromatic heterocycles. The van der Waals surface area contributed by atoms with Gasteiger partial charge in [-0.05, 0) is 30.0 Å². The molecule has 1 unspecified atom stereocenters. The van der Waals surface area contributed by atoms with E-state index in [-0.39, 0.29) is 5.91 Å². The van der Waals surface area contributed by atoms with Gasteiger partial charge in [-0.1, -0.05) is 30.3 Å². The third-order valence-electron chi connectivity index (χ3n) is 5.61. The summed E-state index contributed by atoms with van der Waals surface area (Å²) in [5.41, 5.74) is 2.98. The van der Waals surface area contributed by atoms with Crippen molar-refractivity contribution < 1.29 is 9.53 Å². The number of nitrogens with zero attached hydrogens (tertiary/aromatic N) is 3. The molecule has 3 heterocycles. The maximum Gasteiger partial charge on any atom is 0.270 e. The fourth-order valence-electron chi connectivity index (χ4n) is 4.01. The molecule has 0 bridgehead atoms. The zero-order chi connectivity index (χ0) is 17.9. The van der Waals surface area contributed by atoms with E-state index < -0.39 is 0 Å². The van der Waals surface area contributed by atoms with Gasteiger partial charge in [0.2, 0.25) is 0 Å². The first-order chi connectivity index (χ1) is 12.7. The van der Waals surface area contributed by atoms with E-state index in [0.29, 0.717) is 5.92 Å². The highest BCUT2D eigenvalue weighted by molar-refractivity contribution is 5.94. The first kappa shape index (κ1) is 17.3. The van der Waals surface area contributed by atoms with Crippen LogP contribution in [0, 0.1) is 5.92 Å². The van der Waals surface area contributed by atoms with Crippen molar-refractivity contribution in [1.82, 2.24) is 14.4 Å². The van der Waals surface area contributed by atoms with Crippen molar-refractivity contribution in [3.05, 3.63) is 48.2 Å². The van der Waals surface area contributed by atoms with E-state index in [0.717, 1.165) is 62.9 Å². The minimum atomic E-state index is 0.138. The monoisotopic (exact) mass is 353 g/mol. The molecule has 2 saturated heterocycles. The molecule has 138 valence electrons. The lowest BCUT2D eigenvalue weighted by Gasteiger charge is -2.35. The molecule has 0 radical (unpaired) electrons. The Labute approximate surface area is 155 Å². The zero-order valence-corrected chi connectivity index (χ0v) is 15.4. The number of ether oxygens (including phenoxy) is 1. The number of hydrogen-bond donors (Lipinski definition) is 0. The molecule has 5 nitrogen and oxygen atoms in total. The maximum atomic E-state index is 13.0. The highest BCUT2D eigenvalue weighted by Crippen LogP contribution is 2.22. The van der Waals surface area contributed by atoms with Crippen molar-refractivity contribution in [3.8, 4) is 11.3 Å². The van der Waals surface area contributed by atoms with Gasteiger partial charge >= 0.3 is 0 Å². The molecule has 1 atom stereocenters. The summed E-state index contributed by atoms with van der Waals surface area (Å²) in [5, 5.41) is 0. The van der Waals surface area contributed by atoms with Gasteiger partial charge in [-0.15, -0.1) is 0 Å². The fraction of sp³-hybridized carbons (Fsp3) is 0.476. The third kappa shape index (κ3) is 3.55. The molecule has 2 aromatic rings. The van der Waals surface area contributed by atoms with E-state index in [1.807, 2.05) is 46.8 Å². The Bertz CT molecular complexity index is 742. The van der Waals surface area contributed by atoms with Crippen LogP contribution >= 0.6 is 0 Å². The van der Waals surface area contributed by atoms with Gasteiger partial charge in [-0.25, -0.2) is 0 Å². The Morgan fingerprint density at radius 3 is 2.54 bits per heavy atom. The number of hydrogen-bond acceptors (Lipinski definition) is 3. The smallest absolute Gasteiger partial charge is 0.270 e. The van der Waals surface area contributed by atoms with Gasteiger partial charge in [-0.3, -0.25) is 9.69 Å². The van der Waals surface area contributed by atoms with Gasteiger partial charge in [0, 0.05) is 52.1 Å². The molecule has 2 fully saturated rings. The highest BCUT2D eigenvalue weighted by Gasteiger charge is 2.26. The molecule has 26 heavy (non-hydrogen) atoms. The van der Waals surface area contributed by atoms with Crippen LogP contribution in [0.5, 0.6) is 0 Å². The first-order valence-corrected chi connectivity index (χ1v) is 9.53. The molecule has 1 aromatic carbocycles. The molecular weight excluding hydrogens is 326 g/mol. The zero-order valence-electron chi connectivity index (χ0n) is 15.4. The summed E-state index contributed by atoms with van der Waals surface area (Å²) < 4.78 is 7.49. The average molecular weight is 353 g/mol. The minimum Gasteiger partial charge on any atom is -0.381 e. The van der Waals surface area contributed by atoms with E-state index in [4.69, 9.17) is 4.74 Å². The number of carbonyl (C=O) groups excluding carboxylic acids is 1. The summed E-state index contributed by atoms with van der Waals surface area (Å²) in [7, 11) is 1.98. The molecule has 1 amide bonds. The fourth-order valence-corrected chi connectivity index (χ4v) is 4.01. The largest absolute Gasteiger partial charge is 0.381 e. The topological polar surface area (TPSA) is 37.7 Å². The highest BCUT2D eigenvalue weighted by atomic mass is 16.5. The van der Waals surface area contributed by atoms with Gasteiger partial charge in [0.25, 0.3) is 5.91 Å². The van der Waals surface area contributed by atoms with E-state index in [9.17, 15) is 4.79 Å². The lowest BCUT2D eigenvalue weighted by molar-refractivity contribution is 0.0602. The second kappa shape index (κ2) is 7.64. The van der Waals surface area contributed by atoms with Gasteiger partial charge in [0.05, 0.1) is 6.61 Å². The minimum absolute atomic E-state index is 0.138. The average Bonchev–Trinajstić information content (AvgIpc) is 3.32. The van der Waals surface area contributed by atoms with Gasteiger partial charge in [-0.2, -0.15) is 0 Å². The third-order valence-corrected chi connectivity index (χ3v) is 5.61. The second-order valence-electron chi connectivity index (χ2n) is 7.35. The van der Waals surface area contributed by atoms with Crippen LogP contribution in [0.1, 0.15) is 16.9 Å². The van der Waals surface area contributed by atoms with Crippen LogP contribution in [-0.4, -0.2) is 66.2 Å². The first-order valence-electron chi connectivity index (χ1n) is 9.53. The summed E-state index contributed by atoms with van der Waals surface area (Å²) in [6.07, 6.45) is 1.17. The molecule has 0 aliphatic carbocycles. The Balaban J connectivity index is 1.39. The Morgan fingerprint density at radius 1 is 1.08 bits per heavy atom. The molecule has 5 heteroatoms. The van der Waals surface area contributed by atoms with Crippen LogP contribution in [0.3, 0.4) is 0 Å². The lowest BCUT2D eigenvalue weighted by Crippen LogP contribution is -2.50. The van der Waals surface area contributed by atoms with E-state index in [2.05, 4.69) is 17.0 Å². The van der Waals surface area contributed by atoms with Gasteiger partial charge in [0.1, 0.15) is 5.69 Å². The quantitative estimate of drug-likeness (QED) is 0.848. The Morgan fingerprint density at radius 2 is 1.85 bits per heavy atom. The van der Waals surface area contributed by atoms with Crippen LogP contribution in [0.4, 0.5) is 0 Å². The number of carbonyl (C=O) groups is 1. The van der Waals surface area contributed by atoms with Crippen molar-refractivity contribution >= 4 is 5.91 Å². The normalized spacial score (nSPS) is 21.3. The number of benzene rings is 1. The van der Waals surface area contributed by atoms with Crippen molar-refractivity contribution in [2.45, 2.75) is 6.42 Å². The van der Waals surface area contributed by atoms with Crippen molar-refractivity contribution in [2.24, 2.45) is 13.0 Å². The number of piperazine rings is 1. The molecule has 2 aliphatic rings. The molecule has 0 saturated carbocycles. The summed E-state index contributed by atoms with van der Waals surface area (Å²) in [6, 6.07) is 14.2. The SMILES string of the molecule is Cn1c(C(=O)N2CCN(CC3CCOC3)CC2)ccc1-c1ccccc1. The van der Waals surface area contributed by atoms with Crippen molar-refractivity contribution in [3.63, 3.8) is 0 Å². The second-order valence-corrected chi connectivity index (χ2v) is 7.35. The predicted octanol–water partition coefficient (Wildman–Crippen LogP) is 2.49. The molecule has 0 N–H and O–H groups in total. The van der Waals surface area contributed by atoms with Crippen LogP contribution in [0.25, 0.3) is 11.3 Å². The van der Waals surface area contributed by atoms with Crippen LogP contribution in [0.15, 0.2) is 42.5 Å². The summed E-state index contributed by atoms with van der Waals surface area (Å²) >= 11 is 0. The maximum absolute atomic E-state index is 13.0. The van der Waals surface area contributed by atoms with E-state index in [1.54, 1.807) is 0 Å². The van der Waals surface area contributed by atoms with Crippen LogP contribution in [-0.2, 0) is 11.8 Å². The molecule has 0 spiro atoms. The van der Waals surface area contributed by atoms with Crippen LogP contribution in [0.2, 0.25) is 0 Å². The molecular formula is C21H27N3O2.